The molecule has 3 heterocycles. The molecule has 1 fully saturated rings. The molecule has 2 aliphatic heterocycles. The van der Waals surface area contributed by atoms with E-state index in [0.29, 0.717) is 12.3 Å². The number of fused-ring (bicyclic) bond motifs is 1. The summed E-state index contributed by atoms with van der Waals surface area (Å²) in [6.45, 7) is 4.02. The zero-order valence-electron chi connectivity index (χ0n) is 15.5. The Morgan fingerprint density at radius 2 is 2.04 bits per heavy atom. The van der Waals surface area contributed by atoms with Crippen molar-refractivity contribution in [3.63, 3.8) is 0 Å². The number of hydrogen-bond donors (Lipinski definition) is 0. The average Bonchev–Trinajstić information content (AvgIpc) is 3.10. The van der Waals surface area contributed by atoms with E-state index in [9.17, 15) is 9.18 Å². The summed E-state index contributed by atoms with van der Waals surface area (Å²) in [6.07, 6.45) is 1.95. The summed E-state index contributed by atoms with van der Waals surface area (Å²) in [5.41, 5.74) is 0. The van der Waals surface area contributed by atoms with Gasteiger partial charge in [0.1, 0.15) is 23.2 Å². The number of likely N-dealkylation sites (tertiary alicyclic amines) is 1. The van der Waals surface area contributed by atoms with Gasteiger partial charge in [-0.05, 0) is 44.2 Å². The first-order valence-electron chi connectivity index (χ1n) is 9.37. The molecule has 1 unspecified atom stereocenters. The van der Waals surface area contributed by atoms with E-state index in [1.54, 1.807) is 0 Å². The summed E-state index contributed by atoms with van der Waals surface area (Å²) in [6, 6.07) is 5.70. The summed E-state index contributed by atoms with van der Waals surface area (Å²) in [5, 5.41) is 8.78. The maximum atomic E-state index is 12.9. The minimum atomic E-state index is -0.324. The van der Waals surface area contributed by atoms with Gasteiger partial charge < -0.3 is 14.2 Å². The Bertz CT molecular complexity index is 807. The van der Waals surface area contributed by atoms with E-state index < -0.39 is 0 Å². The normalized spacial score (nSPS) is 20.4. The Morgan fingerprint density at radius 1 is 1.22 bits per heavy atom. The smallest absolute Gasteiger partial charge is 0.260 e. The van der Waals surface area contributed by atoms with Crippen LogP contribution in [-0.4, -0.2) is 63.8 Å². The summed E-state index contributed by atoms with van der Waals surface area (Å²) >= 11 is 0. The lowest BCUT2D eigenvalue weighted by Gasteiger charge is -2.33. The lowest BCUT2D eigenvalue weighted by atomic mass is 9.97. The quantitative estimate of drug-likeness (QED) is 0.815. The standard InChI is InChI=1S/C19H24FN5O2/c1-23-9-10-25-17(12-23)21-22-19(25)14-3-2-8-24(11-14)18(26)13-27-16-6-4-15(20)5-7-16/h4-7,14H,2-3,8-13H2,1H3. The second-order valence-electron chi connectivity index (χ2n) is 7.29. The fourth-order valence-corrected chi connectivity index (χ4v) is 3.78. The Kier molecular flexibility index (Phi) is 5.07. The number of amides is 1. The van der Waals surface area contributed by atoms with E-state index in [1.807, 2.05) is 4.90 Å². The highest BCUT2D eigenvalue weighted by Crippen LogP contribution is 2.27. The van der Waals surface area contributed by atoms with Crippen LogP contribution in [0, 0.1) is 5.82 Å². The first-order chi connectivity index (χ1) is 13.1. The molecule has 27 heavy (non-hydrogen) atoms. The van der Waals surface area contributed by atoms with Crippen molar-refractivity contribution in [2.45, 2.75) is 31.8 Å². The predicted molar refractivity (Wildman–Crippen MR) is 96.8 cm³/mol. The SMILES string of the molecule is CN1CCn2c(nnc2C2CCCN(C(=O)COc3ccc(F)cc3)C2)C1. The van der Waals surface area contributed by atoms with Crippen LogP contribution in [0.25, 0.3) is 0 Å². The van der Waals surface area contributed by atoms with Crippen LogP contribution >= 0.6 is 0 Å². The van der Waals surface area contributed by atoms with Crippen LogP contribution in [0.2, 0.25) is 0 Å². The third-order valence-electron chi connectivity index (χ3n) is 5.29. The van der Waals surface area contributed by atoms with Crippen molar-refractivity contribution < 1.29 is 13.9 Å². The maximum absolute atomic E-state index is 12.9. The molecule has 0 spiro atoms. The Labute approximate surface area is 157 Å². The molecular weight excluding hydrogens is 349 g/mol. The molecular formula is C19H24FN5O2. The lowest BCUT2D eigenvalue weighted by Crippen LogP contribution is -2.42. The van der Waals surface area contributed by atoms with Crippen LogP contribution < -0.4 is 4.74 Å². The minimum Gasteiger partial charge on any atom is -0.484 e. The van der Waals surface area contributed by atoms with E-state index in [4.69, 9.17) is 4.74 Å². The molecule has 1 amide bonds. The van der Waals surface area contributed by atoms with Gasteiger partial charge >= 0.3 is 0 Å². The number of piperidine rings is 1. The van der Waals surface area contributed by atoms with Crippen molar-refractivity contribution >= 4 is 5.91 Å². The van der Waals surface area contributed by atoms with Gasteiger partial charge in [-0.15, -0.1) is 10.2 Å². The van der Waals surface area contributed by atoms with Crippen LogP contribution in [0.3, 0.4) is 0 Å². The summed E-state index contributed by atoms with van der Waals surface area (Å²) in [4.78, 5) is 16.6. The molecule has 8 heteroatoms. The van der Waals surface area contributed by atoms with Crippen molar-refractivity contribution in [1.82, 2.24) is 24.6 Å². The lowest BCUT2D eigenvalue weighted by molar-refractivity contribution is -0.134. The molecule has 1 saturated heterocycles. The molecule has 0 bridgehead atoms. The van der Waals surface area contributed by atoms with Crippen molar-refractivity contribution in [2.75, 3.05) is 33.3 Å². The van der Waals surface area contributed by atoms with E-state index in [2.05, 4.69) is 26.7 Å². The highest BCUT2D eigenvalue weighted by Gasteiger charge is 2.30. The summed E-state index contributed by atoms with van der Waals surface area (Å²) < 4.78 is 20.7. The summed E-state index contributed by atoms with van der Waals surface area (Å²) in [5.74, 6) is 2.32. The number of ether oxygens (including phenoxy) is 1. The van der Waals surface area contributed by atoms with Gasteiger partial charge in [0, 0.05) is 32.1 Å². The highest BCUT2D eigenvalue weighted by molar-refractivity contribution is 5.78. The predicted octanol–water partition coefficient (Wildman–Crippen LogP) is 1.65. The van der Waals surface area contributed by atoms with Crippen LogP contribution in [0.4, 0.5) is 4.39 Å². The third kappa shape index (κ3) is 3.95. The molecule has 0 aliphatic carbocycles. The van der Waals surface area contributed by atoms with Crippen molar-refractivity contribution in [1.29, 1.82) is 0 Å². The Balaban J connectivity index is 1.38. The second-order valence-corrected chi connectivity index (χ2v) is 7.29. The number of aromatic nitrogens is 3. The van der Waals surface area contributed by atoms with Gasteiger partial charge in [-0.1, -0.05) is 0 Å². The van der Waals surface area contributed by atoms with Crippen molar-refractivity contribution in [3.8, 4) is 5.75 Å². The monoisotopic (exact) mass is 373 g/mol. The molecule has 0 N–H and O–H groups in total. The number of carbonyl (C=O) groups is 1. The first-order valence-corrected chi connectivity index (χ1v) is 9.37. The second kappa shape index (κ2) is 7.64. The molecule has 4 rings (SSSR count). The maximum Gasteiger partial charge on any atom is 0.260 e. The fraction of sp³-hybridized carbons (Fsp3) is 0.526. The van der Waals surface area contributed by atoms with Gasteiger partial charge in [-0.25, -0.2) is 4.39 Å². The van der Waals surface area contributed by atoms with Crippen molar-refractivity contribution in [2.24, 2.45) is 0 Å². The van der Waals surface area contributed by atoms with Gasteiger partial charge in [-0.2, -0.15) is 0 Å². The molecule has 0 radical (unpaired) electrons. The number of halogens is 1. The molecule has 1 aromatic heterocycles. The fourth-order valence-electron chi connectivity index (χ4n) is 3.78. The van der Waals surface area contributed by atoms with E-state index in [0.717, 1.165) is 50.7 Å². The van der Waals surface area contributed by atoms with E-state index in [-0.39, 0.29) is 24.2 Å². The Morgan fingerprint density at radius 3 is 2.85 bits per heavy atom. The van der Waals surface area contributed by atoms with Gasteiger partial charge in [0.05, 0.1) is 6.54 Å². The van der Waals surface area contributed by atoms with E-state index >= 15 is 0 Å². The van der Waals surface area contributed by atoms with Gasteiger partial charge in [0.2, 0.25) is 0 Å². The number of carbonyl (C=O) groups excluding carboxylic acids is 1. The van der Waals surface area contributed by atoms with Gasteiger partial charge in [-0.3, -0.25) is 9.69 Å². The largest absolute Gasteiger partial charge is 0.484 e. The molecule has 7 nitrogen and oxygen atoms in total. The topological polar surface area (TPSA) is 63.5 Å². The summed E-state index contributed by atoms with van der Waals surface area (Å²) in [7, 11) is 2.08. The average molecular weight is 373 g/mol. The minimum absolute atomic E-state index is 0.0406. The molecule has 1 aromatic carbocycles. The first kappa shape index (κ1) is 17.9. The van der Waals surface area contributed by atoms with Crippen LogP contribution in [-0.2, 0) is 17.9 Å². The highest BCUT2D eigenvalue weighted by atomic mass is 19.1. The molecule has 0 saturated carbocycles. The van der Waals surface area contributed by atoms with Crippen molar-refractivity contribution in [3.05, 3.63) is 41.7 Å². The van der Waals surface area contributed by atoms with Crippen LogP contribution in [0.1, 0.15) is 30.4 Å². The molecule has 144 valence electrons. The van der Waals surface area contributed by atoms with Crippen LogP contribution in [0.5, 0.6) is 5.75 Å². The van der Waals surface area contributed by atoms with Crippen LogP contribution in [0.15, 0.2) is 24.3 Å². The number of benzene rings is 1. The zero-order valence-corrected chi connectivity index (χ0v) is 15.5. The number of nitrogens with zero attached hydrogens (tertiary/aromatic N) is 5. The number of hydrogen-bond acceptors (Lipinski definition) is 5. The molecule has 2 aromatic rings. The molecule has 1 atom stereocenters. The Hall–Kier alpha value is -2.48. The number of likely N-dealkylation sites (N-methyl/N-ethyl adjacent to an activating group) is 1. The molecule has 2 aliphatic rings. The zero-order chi connectivity index (χ0) is 18.8. The number of rotatable bonds is 4. The van der Waals surface area contributed by atoms with Gasteiger partial charge in [0.15, 0.2) is 6.61 Å². The van der Waals surface area contributed by atoms with Gasteiger partial charge in [0.25, 0.3) is 5.91 Å². The third-order valence-corrected chi connectivity index (χ3v) is 5.29. The van der Waals surface area contributed by atoms with E-state index in [1.165, 1.54) is 24.3 Å².